The summed E-state index contributed by atoms with van der Waals surface area (Å²) in [4.78, 5) is 16.4. The first kappa shape index (κ1) is 20.1. The van der Waals surface area contributed by atoms with E-state index in [1.54, 1.807) is 18.3 Å². The number of piperazine rings is 1. The van der Waals surface area contributed by atoms with Crippen LogP contribution in [0.3, 0.4) is 0 Å². The van der Waals surface area contributed by atoms with Crippen LogP contribution < -0.4 is 10.2 Å². The van der Waals surface area contributed by atoms with Gasteiger partial charge in [0, 0.05) is 41.6 Å². The van der Waals surface area contributed by atoms with Crippen LogP contribution in [-0.2, 0) is 4.79 Å². The Bertz CT molecular complexity index is 946. The van der Waals surface area contributed by atoms with Crippen LogP contribution in [0.25, 0.3) is 0 Å². The number of nitriles is 1. The van der Waals surface area contributed by atoms with Crippen LogP contribution in [0.4, 0.5) is 15.8 Å². The molecule has 0 saturated carbocycles. The number of hydrogen-bond acceptors (Lipinski definition) is 4. The molecule has 7 heteroatoms. The van der Waals surface area contributed by atoms with E-state index in [-0.39, 0.29) is 11.4 Å². The highest BCUT2D eigenvalue weighted by Gasteiger charge is 2.19. The summed E-state index contributed by atoms with van der Waals surface area (Å²) >= 11 is 2.21. The molecule has 0 bridgehead atoms. The number of rotatable bonds is 4. The van der Waals surface area contributed by atoms with Gasteiger partial charge in [-0.3, -0.25) is 4.79 Å². The van der Waals surface area contributed by atoms with Gasteiger partial charge in [0.25, 0.3) is 5.91 Å². The molecule has 0 aromatic heterocycles. The first-order chi connectivity index (χ1) is 13.5. The average Bonchev–Trinajstić information content (AvgIpc) is 2.69. The van der Waals surface area contributed by atoms with Gasteiger partial charge in [0.2, 0.25) is 0 Å². The summed E-state index contributed by atoms with van der Waals surface area (Å²) < 4.78 is 15.0. The van der Waals surface area contributed by atoms with Crippen molar-refractivity contribution in [2.24, 2.45) is 0 Å². The largest absolute Gasteiger partial charge is 0.373 e. The molecule has 1 amide bonds. The fourth-order valence-corrected chi connectivity index (χ4v) is 3.72. The van der Waals surface area contributed by atoms with Crippen molar-refractivity contribution in [3.05, 3.63) is 69.2 Å². The predicted molar refractivity (Wildman–Crippen MR) is 116 cm³/mol. The Morgan fingerprint density at radius 1 is 1.21 bits per heavy atom. The Morgan fingerprint density at radius 3 is 2.57 bits per heavy atom. The fraction of sp³-hybridized carbons (Fsp3) is 0.238. The normalized spacial score (nSPS) is 14.6. The van der Waals surface area contributed by atoms with E-state index in [9.17, 15) is 14.4 Å². The van der Waals surface area contributed by atoms with Crippen molar-refractivity contribution in [2.45, 2.75) is 6.92 Å². The maximum Gasteiger partial charge on any atom is 0.267 e. The van der Waals surface area contributed by atoms with Gasteiger partial charge in [-0.15, -0.1) is 0 Å². The van der Waals surface area contributed by atoms with Crippen LogP contribution in [0.2, 0.25) is 0 Å². The number of carbonyl (C=O) groups excluding carboxylic acids is 1. The van der Waals surface area contributed by atoms with E-state index >= 15 is 0 Å². The summed E-state index contributed by atoms with van der Waals surface area (Å²) in [7, 11) is 0. The van der Waals surface area contributed by atoms with Gasteiger partial charge in [0.15, 0.2) is 0 Å². The molecule has 1 fully saturated rings. The second kappa shape index (κ2) is 9.06. The van der Waals surface area contributed by atoms with Crippen molar-refractivity contribution >= 4 is 39.9 Å². The molecule has 2 aromatic rings. The number of halogens is 2. The van der Waals surface area contributed by atoms with Crippen LogP contribution in [0.1, 0.15) is 5.56 Å². The SMILES string of the molecule is Cc1cc(I)ccc1NC(=O)/C(C#N)=C\N1CCN(c2ccccc2F)CC1. The highest BCUT2D eigenvalue weighted by Crippen LogP contribution is 2.21. The quantitative estimate of drug-likeness (QED) is 0.401. The monoisotopic (exact) mass is 490 g/mol. The van der Waals surface area contributed by atoms with Crippen molar-refractivity contribution < 1.29 is 9.18 Å². The van der Waals surface area contributed by atoms with Crippen LogP contribution in [0.15, 0.2) is 54.2 Å². The number of nitrogens with one attached hydrogen (secondary N) is 1. The molecule has 0 unspecified atom stereocenters. The van der Waals surface area contributed by atoms with Gasteiger partial charge < -0.3 is 15.1 Å². The number of hydrogen-bond donors (Lipinski definition) is 1. The molecule has 2 aromatic carbocycles. The van der Waals surface area contributed by atoms with Gasteiger partial charge in [0.05, 0.1) is 5.69 Å². The van der Waals surface area contributed by atoms with Crippen LogP contribution in [0.5, 0.6) is 0 Å². The second-order valence-electron chi connectivity index (χ2n) is 6.54. The van der Waals surface area contributed by atoms with E-state index in [4.69, 9.17) is 0 Å². The van der Waals surface area contributed by atoms with Crippen LogP contribution >= 0.6 is 22.6 Å². The number of carbonyl (C=O) groups is 1. The minimum Gasteiger partial charge on any atom is -0.373 e. The minimum atomic E-state index is -0.427. The smallest absolute Gasteiger partial charge is 0.267 e. The van der Waals surface area contributed by atoms with Gasteiger partial charge in [-0.25, -0.2) is 4.39 Å². The summed E-state index contributed by atoms with van der Waals surface area (Å²) in [6.45, 7) is 4.36. The Kier molecular flexibility index (Phi) is 6.52. The molecule has 0 atom stereocenters. The maximum atomic E-state index is 13.9. The molecule has 1 aliphatic rings. The summed E-state index contributed by atoms with van der Waals surface area (Å²) in [5.74, 6) is -0.667. The molecular weight excluding hydrogens is 470 g/mol. The average molecular weight is 490 g/mol. The molecule has 1 heterocycles. The van der Waals surface area contributed by atoms with Gasteiger partial charge in [-0.05, 0) is 65.4 Å². The van der Waals surface area contributed by atoms with Crippen LogP contribution in [0, 0.1) is 27.6 Å². The number of anilines is 2. The Morgan fingerprint density at radius 2 is 1.93 bits per heavy atom. The molecule has 1 N–H and O–H groups in total. The van der Waals surface area contributed by atoms with Gasteiger partial charge in [-0.2, -0.15) is 5.26 Å². The highest BCUT2D eigenvalue weighted by atomic mass is 127. The van der Waals surface area contributed by atoms with E-state index in [1.165, 1.54) is 6.07 Å². The first-order valence-electron chi connectivity index (χ1n) is 8.91. The molecule has 0 aliphatic carbocycles. The first-order valence-corrected chi connectivity index (χ1v) is 9.99. The lowest BCUT2D eigenvalue weighted by Crippen LogP contribution is -2.44. The van der Waals surface area contributed by atoms with E-state index < -0.39 is 5.91 Å². The lowest BCUT2D eigenvalue weighted by atomic mass is 10.2. The van der Waals surface area contributed by atoms with Crippen LogP contribution in [-0.4, -0.2) is 37.0 Å². The van der Waals surface area contributed by atoms with Crippen molar-refractivity contribution in [1.29, 1.82) is 5.26 Å². The number of benzene rings is 2. The zero-order valence-corrected chi connectivity index (χ0v) is 17.6. The number of aryl methyl sites for hydroxylation is 1. The van der Waals surface area contributed by atoms with Crippen molar-refractivity contribution in [3.63, 3.8) is 0 Å². The Labute approximate surface area is 177 Å². The molecule has 1 saturated heterocycles. The molecule has 1 aliphatic heterocycles. The minimum absolute atomic E-state index is 0.0530. The molecule has 28 heavy (non-hydrogen) atoms. The Balaban J connectivity index is 1.64. The standard InChI is InChI=1S/C21H20FIN4O/c1-15-12-17(23)6-7-19(15)25-21(28)16(13-24)14-26-8-10-27(11-9-26)20-5-3-2-4-18(20)22/h2-7,12,14H,8-11H2,1H3,(H,25,28)/b16-14-. The molecule has 144 valence electrons. The van der Waals surface area contributed by atoms with Crippen molar-refractivity contribution in [2.75, 3.05) is 36.4 Å². The summed E-state index contributed by atoms with van der Waals surface area (Å²) in [5, 5.41) is 12.2. The fourth-order valence-electron chi connectivity index (χ4n) is 3.08. The summed E-state index contributed by atoms with van der Waals surface area (Å²) in [6.07, 6.45) is 1.59. The molecule has 0 radical (unpaired) electrons. The predicted octanol–water partition coefficient (Wildman–Crippen LogP) is 3.91. The highest BCUT2D eigenvalue weighted by molar-refractivity contribution is 14.1. The van der Waals surface area contributed by atoms with Crippen molar-refractivity contribution in [1.82, 2.24) is 4.90 Å². The molecule has 0 spiro atoms. The maximum absolute atomic E-state index is 13.9. The zero-order valence-electron chi connectivity index (χ0n) is 15.5. The number of amides is 1. The molecule has 5 nitrogen and oxygen atoms in total. The van der Waals surface area contributed by atoms with E-state index in [1.807, 2.05) is 47.1 Å². The molecule has 3 rings (SSSR count). The number of nitrogens with zero attached hydrogens (tertiary/aromatic N) is 3. The van der Waals surface area contributed by atoms with E-state index in [2.05, 4.69) is 27.9 Å². The third-order valence-electron chi connectivity index (χ3n) is 4.62. The number of para-hydroxylation sites is 1. The van der Waals surface area contributed by atoms with E-state index in [0.29, 0.717) is 37.6 Å². The molecular formula is C21H20FIN4O. The lowest BCUT2D eigenvalue weighted by Gasteiger charge is -2.35. The topological polar surface area (TPSA) is 59.4 Å². The van der Waals surface area contributed by atoms with E-state index in [0.717, 1.165) is 9.13 Å². The van der Waals surface area contributed by atoms with Gasteiger partial charge in [0.1, 0.15) is 17.5 Å². The zero-order chi connectivity index (χ0) is 20.1. The van der Waals surface area contributed by atoms with Gasteiger partial charge in [-0.1, -0.05) is 12.1 Å². The van der Waals surface area contributed by atoms with Gasteiger partial charge >= 0.3 is 0 Å². The second-order valence-corrected chi connectivity index (χ2v) is 7.79. The van der Waals surface area contributed by atoms with Crippen molar-refractivity contribution in [3.8, 4) is 6.07 Å². The third-order valence-corrected chi connectivity index (χ3v) is 5.29. The third kappa shape index (κ3) is 4.81. The lowest BCUT2D eigenvalue weighted by molar-refractivity contribution is -0.112. The Hall–Kier alpha value is -2.60. The summed E-state index contributed by atoms with van der Waals surface area (Å²) in [5.41, 5.74) is 2.27. The summed E-state index contributed by atoms with van der Waals surface area (Å²) in [6, 6.07) is 14.4.